The maximum absolute atomic E-state index is 12.3. The van der Waals surface area contributed by atoms with Crippen LogP contribution in [0.15, 0.2) is 0 Å². The number of nitrogens with one attached hydrogen (secondary N) is 1. The molecule has 0 radical (unpaired) electrons. The van der Waals surface area contributed by atoms with Crippen LogP contribution in [-0.4, -0.2) is 64.3 Å². The molecule has 10 heteroatoms. The summed E-state index contributed by atoms with van der Waals surface area (Å²) in [5, 5.41) is 9.94. The minimum absolute atomic E-state index is 0.0512. The van der Waals surface area contributed by atoms with Crippen molar-refractivity contribution >= 4 is 35.4 Å². The number of hydrogen-bond acceptors (Lipinski definition) is 4. The highest BCUT2D eigenvalue weighted by Crippen LogP contribution is 2.11. The highest BCUT2D eigenvalue weighted by atomic mass is 35.5. The molecule has 0 bridgehead atoms. The van der Waals surface area contributed by atoms with E-state index in [1.165, 1.54) is 7.05 Å². The fourth-order valence-corrected chi connectivity index (χ4v) is 1.91. The molecule has 0 aliphatic carbocycles. The van der Waals surface area contributed by atoms with Crippen molar-refractivity contribution in [2.45, 2.75) is 32.7 Å². The van der Waals surface area contributed by atoms with Gasteiger partial charge in [0.15, 0.2) is 0 Å². The molecule has 132 valence electrons. The quantitative estimate of drug-likeness (QED) is 0.418. The maximum atomic E-state index is 12.3. The fourth-order valence-electron chi connectivity index (χ4n) is 1.77. The second-order valence-corrected chi connectivity index (χ2v) is 5.68. The summed E-state index contributed by atoms with van der Waals surface area (Å²) in [6.07, 6.45) is -1.15. The zero-order valence-corrected chi connectivity index (χ0v) is 14.2. The molecule has 0 saturated carbocycles. The molecule has 0 unspecified atom stereocenters. The Labute approximate surface area is 139 Å². The average molecular weight is 351 g/mol. The van der Waals surface area contributed by atoms with Crippen molar-refractivity contribution in [3.05, 3.63) is 0 Å². The first kappa shape index (κ1) is 21.0. The third-order valence-corrected chi connectivity index (χ3v) is 3.24. The number of nitrogens with zero attached hydrogens (tertiary/aromatic N) is 2. The number of nitrogens with two attached hydrogens (primary N) is 1. The normalized spacial score (nSPS) is 11.7. The van der Waals surface area contributed by atoms with Gasteiger partial charge in [-0.2, -0.15) is 0 Å². The van der Waals surface area contributed by atoms with Crippen LogP contribution in [0.25, 0.3) is 0 Å². The van der Waals surface area contributed by atoms with E-state index in [-0.39, 0.29) is 25.3 Å². The van der Waals surface area contributed by atoms with Crippen LogP contribution in [0.3, 0.4) is 0 Å². The van der Waals surface area contributed by atoms with Crippen molar-refractivity contribution in [3.8, 4) is 0 Å². The van der Waals surface area contributed by atoms with Crippen molar-refractivity contribution in [3.63, 3.8) is 0 Å². The SMILES string of the molecule is CC(C)C[C@@H](C(=O)NN(CCC(N)=O)C(=O)CCl)N(C)C(=O)O. The number of rotatable bonds is 8. The molecule has 23 heavy (non-hydrogen) atoms. The highest BCUT2D eigenvalue weighted by Gasteiger charge is 2.29. The number of primary amides is 1. The summed E-state index contributed by atoms with van der Waals surface area (Å²) in [7, 11) is 1.27. The van der Waals surface area contributed by atoms with Gasteiger partial charge in [-0.05, 0) is 12.3 Å². The lowest BCUT2D eigenvalue weighted by molar-refractivity contribution is -0.142. The smallest absolute Gasteiger partial charge is 0.407 e. The molecular formula is C13H23ClN4O5. The predicted octanol–water partition coefficient (Wildman–Crippen LogP) is -0.0151. The van der Waals surface area contributed by atoms with Gasteiger partial charge in [-0.25, -0.2) is 4.79 Å². The average Bonchev–Trinajstić information content (AvgIpc) is 2.46. The van der Waals surface area contributed by atoms with Crippen LogP contribution in [0.2, 0.25) is 0 Å². The van der Waals surface area contributed by atoms with Crippen LogP contribution in [0.4, 0.5) is 4.79 Å². The van der Waals surface area contributed by atoms with Crippen molar-refractivity contribution in [1.82, 2.24) is 15.3 Å². The number of likely N-dealkylation sites (N-methyl/N-ethyl adjacent to an activating group) is 1. The van der Waals surface area contributed by atoms with Crippen LogP contribution in [-0.2, 0) is 14.4 Å². The number of hydrazine groups is 1. The number of alkyl halides is 1. The summed E-state index contributed by atoms with van der Waals surface area (Å²) in [5.74, 6) is -2.29. The van der Waals surface area contributed by atoms with Gasteiger partial charge in [0.25, 0.3) is 11.8 Å². The Morgan fingerprint density at radius 3 is 2.22 bits per heavy atom. The molecular weight excluding hydrogens is 328 g/mol. The van der Waals surface area contributed by atoms with E-state index in [1.807, 2.05) is 13.8 Å². The minimum atomic E-state index is -1.27. The van der Waals surface area contributed by atoms with E-state index < -0.39 is 35.7 Å². The summed E-state index contributed by atoms with van der Waals surface area (Å²) in [6.45, 7) is 3.54. The lowest BCUT2D eigenvalue weighted by Crippen LogP contribution is -2.55. The molecule has 0 aromatic rings. The topological polar surface area (TPSA) is 133 Å². The molecule has 0 aromatic carbocycles. The molecule has 0 rings (SSSR count). The standard InChI is InChI=1S/C13H23ClN4O5/c1-8(2)6-9(17(3)13(22)23)12(21)16-18(11(20)7-14)5-4-10(15)19/h8-9H,4-7H2,1-3H3,(H2,15,19)(H,16,21)(H,22,23)/t9-/m0/s1. The Hall–Kier alpha value is -2.03. The molecule has 4 amide bonds. The Morgan fingerprint density at radius 1 is 1.26 bits per heavy atom. The zero-order valence-electron chi connectivity index (χ0n) is 13.4. The first-order valence-electron chi connectivity index (χ1n) is 7.01. The molecule has 0 fully saturated rings. The summed E-state index contributed by atoms with van der Waals surface area (Å²) in [6, 6.07) is -0.980. The lowest BCUT2D eigenvalue weighted by atomic mass is 10.0. The molecule has 1 atom stereocenters. The molecule has 9 nitrogen and oxygen atoms in total. The molecule has 0 saturated heterocycles. The van der Waals surface area contributed by atoms with E-state index in [0.717, 1.165) is 9.91 Å². The molecule has 4 N–H and O–H groups in total. The van der Waals surface area contributed by atoms with Crippen LogP contribution in [0.5, 0.6) is 0 Å². The van der Waals surface area contributed by atoms with E-state index in [2.05, 4.69) is 5.43 Å². The van der Waals surface area contributed by atoms with Gasteiger partial charge < -0.3 is 10.8 Å². The Kier molecular flexibility index (Phi) is 9.01. The molecule has 0 spiro atoms. The number of carbonyl (C=O) groups is 4. The van der Waals surface area contributed by atoms with E-state index in [4.69, 9.17) is 22.4 Å². The Balaban J connectivity index is 5.10. The van der Waals surface area contributed by atoms with Crippen LogP contribution in [0.1, 0.15) is 26.7 Å². The third-order valence-electron chi connectivity index (χ3n) is 3.01. The van der Waals surface area contributed by atoms with E-state index >= 15 is 0 Å². The van der Waals surface area contributed by atoms with Crippen molar-refractivity contribution < 1.29 is 24.3 Å². The van der Waals surface area contributed by atoms with Crippen molar-refractivity contribution in [2.24, 2.45) is 11.7 Å². The van der Waals surface area contributed by atoms with Gasteiger partial charge in [0, 0.05) is 13.5 Å². The summed E-state index contributed by atoms with van der Waals surface area (Å²) in [4.78, 5) is 46.8. The van der Waals surface area contributed by atoms with Crippen LogP contribution < -0.4 is 11.2 Å². The highest BCUT2D eigenvalue weighted by molar-refractivity contribution is 6.27. The second-order valence-electron chi connectivity index (χ2n) is 5.41. The first-order chi connectivity index (χ1) is 10.6. The van der Waals surface area contributed by atoms with Gasteiger partial charge in [0.05, 0.1) is 6.54 Å². The number of amides is 4. The van der Waals surface area contributed by atoms with E-state index in [9.17, 15) is 19.2 Å². The summed E-state index contributed by atoms with van der Waals surface area (Å²) in [5.41, 5.74) is 7.33. The molecule has 0 aromatic heterocycles. The third kappa shape index (κ3) is 7.68. The largest absolute Gasteiger partial charge is 0.465 e. The maximum Gasteiger partial charge on any atom is 0.407 e. The second kappa shape index (κ2) is 9.88. The summed E-state index contributed by atoms with van der Waals surface area (Å²) >= 11 is 5.46. The van der Waals surface area contributed by atoms with Crippen LogP contribution >= 0.6 is 11.6 Å². The summed E-state index contributed by atoms with van der Waals surface area (Å²) < 4.78 is 0. The number of hydrogen-bond donors (Lipinski definition) is 3. The van der Waals surface area contributed by atoms with Gasteiger partial charge in [-0.1, -0.05) is 13.8 Å². The van der Waals surface area contributed by atoms with Gasteiger partial charge in [0.1, 0.15) is 11.9 Å². The Bertz CT molecular complexity index is 458. The van der Waals surface area contributed by atoms with Crippen LogP contribution in [0, 0.1) is 5.92 Å². The predicted molar refractivity (Wildman–Crippen MR) is 83.4 cm³/mol. The van der Waals surface area contributed by atoms with Gasteiger partial charge >= 0.3 is 6.09 Å². The molecule has 0 aliphatic rings. The zero-order chi connectivity index (χ0) is 18.2. The van der Waals surface area contributed by atoms with Crippen molar-refractivity contribution in [2.75, 3.05) is 19.5 Å². The first-order valence-corrected chi connectivity index (χ1v) is 7.54. The lowest BCUT2D eigenvalue weighted by Gasteiger charge is -2.29. The van der Waals surface area contributed by atoms with E-state index in [1.54, 1.807) is 0 Å². The van der Waals surface area contributed by atoms with Gasteiger partial charge in [0.2, 0.25) is 5.91 Å². The van der Waals surface area contributed by atoms with Gasteiger partial charge in [-0.15, -0.1) is 11.6 Å². The monoisotopic (exact) mass is 350 g/mol. The minimum Gasteiger partial charge on any atom is -0.465 e. The number of carbonyl (C=O) groups excluding carboxylic acids is 3. The molecule has 0 heterocycles. The number of halogens is 1. The molecule has 0 aliphatic heterocycles. The Morgan fingerprint density at radius 2 is 1.83 bits per heavy atom. The van der Waals surface area contributed by atoms with E-state index in [0.29, 0.717) is 0 Å². The number of carboxylic acid groups (broad SMARTS) is 1. The van der Waals surface area contributed by atoms with Crippen molar-refractivity contribution in [1.29, 1.82) is 0 Å². The van der Waals surface area contributed by atoms with Gasteiger partial charge in [-0.3, -0.25) is 29.7 Å². The fraction of sp³-hybridized carbons (Fsp3) is 0.692.